The summed E-state index contributed by atoms with van der Waals surface area (Å²) in [7, 11) is 0. The van der Waals surface area contributed by atoms with Gasteiger partial charge in [0, 0.05) is 17.7 Å². The van der Waals surface area contributed by atoms with Gasteiger partial charge in [0.2, 0.25) is 0 Å². The standard InChI is InChI=1S/C12H15NO2/c1-7-4-11(14)13(12(7)15)10-6-8-2-3-9(10)5-8/h4,8-10H,2-3,5-6H2,1H3. The van der Waals surface area contributed by atoms with Gasteiger partial charge in [-0.25, -0.2) is 0 Å². The minimum Gasteiger partial charge on any atom is -0.272 e. The van der Waals surface area contributed by atoms with E-state index in [4.69, 9.17) is 0 Å². The second-order valence-electron chi connectivity index (χ2n) is 5.08. The summed E-state index contributed by atoms with van der Waals surface area (Å²) in [6, 6.07) is 0.206. The topological polar surface area (TPSA) is 37.4 Å². The van der Waals surface area contributed by atoms with Crippen LogP contribution in [0.5, 0.6) is 0 Å². The van der Waals surface area contributed by atoms with Crippen molar-refractivity contribution >= 4 is 11.8 Å². The van der Waals surface area contributed by atoms with Gasteiger partial charge in [0.25, 0.3) is 11.8 Å². The Hall–Kier alpha value is -1.12. The third kappa shape index (κ3) is 1.18. The number of imide groups is 1. The highest BCUT2D eigenvalue weighted by molar-refractivity contribution is 6.16. The third-order valence-corrected chi connectivity index (χ3v) is 4.17. The van der Waals surface area contributed by atoms with E-state index < -0.39 is 0 Å². The van der Waals surface area contributed by atoms with Crippen LogP contribution in [0.3, 0.4) is 0 Å². The minimum atomic E-state index is -0.0879. The van der Waals surface area contributed by atoms with Crippen molar-refractivity contribution < 1.29 is 9.59 Å². The summed E-state index contributed by atoms with van der Waals surface area (Å²) in [5, 5.41) is 0. The van der Waals surface area contributed by atoms with Crippen LogP contribution < -0.4 is 0 Å². The summed E-state index contributed by atoms with van der Waals surface area (Å²) < 4.78 is 0. The maximum atomic E-state index is 11.8. The molecule has 0 aromatic heterocycles. The van der Waals surface area contributed by atoms with E-state index in [0.29, 0.717) is 11.5 Å². The van der Waals surface area contributed by atoms with Crippen LogP contribution in [0.2, 0.25) is 0 Å². The summed E-state index contributed by atoms with van der Waals surface area (Å²) in [5.41, 5.74) is 0.600. The van der Waals surface area contributed by atoms with Gasteiger partial charge in [-0.1, -0.05) is 6.42 Å². The molecule has 2 amide bonds. The highest BCUT2D eigenvalue weighted by atomic mass is 16.2. The Labute approximate surface area is 89.1 Å². The highest BCUT2D eigenvalue weighted by Gasteiger charge is 2.47. The zero-order valence-corrected chi connectivity index (χ0v) is 8.90. The van der Waals surface area contributed by atoms with E-state index in [9.17, 15) is 9.59 Å². The van der Waals surface area contributed by atoms with Crippen LogP contribution in [0, 0.1) is 11.8 Å². The molecule has 3 aliphatic rings. The molecule has 3 heteroatoms. The molecule has 3 nitrogen and oxygen atoms in total. The van der Waals surface area contributed by atoms with Crippen molar-refractivity contribution in [3.05, 3.63) is 11.6 Å². The first kappa shape index (κ1) is 9.13. The van der Waals surface area contributed by atoms with E-state index in [0.717, 1.165) is 12.3 Å². The van der Waals surface area contributed by atoms with E-state index in [-0.39, 0.29) is 17.9 Å². The molecule has 0 saturated heterocycles. The van der Waals surface area contributed by atoms with Gasteiger partial charge in [-0.05, 0) is 38.0 Å². The van der Waals surface area contributed by atoms with Crippen LogP contribution in [-0.2, 0) is 9.59 Å². The lowest BCUT2D eigenvalue weighted by atomic mass is 9.94. The molecule has 2 aliphatic carbocycles. The first-order valence-corrected chi connectivity index (χ1v) is 5.72. The summed E-state index contributed by atoms with van der Waals surface area (Å²) in [6.07, 6.45) is 6.24. The van der Waals surface area contributed by atoms with E-state index >= 15 is 0 Å². The lowest BCUT2D eigenvalue weighted by molar-refractivity contribution is -0.141. The van der Waals surface area contributed by atoms with Crippen molar-refractivity contribution in [2.45, 2.75) is 38.6 Å². The lowest BCUT2D eigenvalue weighted by Gasteiger charge is -2.29. The molecule has 0 radical (unpaired) electrons. The molecule has 3 unspecified atom stereocenters. The monoisotopic (exact) mass is 205 g/mol. The highest BCUT2D eigenvalue weighted by Crippen LogP contribution is 2.47. The first-order chi connectivity index (χ1) is 7.16. The lowest BCUT2D eigenvalue weighted by Crippen LogP contribution is -2.43. The van der Waals surface area contributed by atoms with E-state index in [2.05, 4.69) is 0 Å². The normalized spacial score (nSPS) is 39.1. The third-order valence-electron chi connectivity index (χ3n) is 4.17. The molecule has 0 spiro atoms. The molecule has 1 aliphatic heterocycles. The number of carbonyl (C=O) groups is 2. The molecule has 3 rings (SSSR count). The molecule has 0 N–H and O–H groups in total. The van der Waals surface area contributed by atoms with Crippen molar-refractivity contribution in [2.24, 2.45) is 11.8 Å². The van der Waals surface area contributed by atoms with Crippen LogP contribution in [0.4, 0.5) is 0 Å². The number of carbonyl (C=O) groups excluding carboxylic acids is 2. The molecule has 2 fully saturated rings. The van der Waals surface area contributed by atoms with E-state index in [1.807, 2.05) is 0 Å². The number of hydrogen-bond donors (Lipinski definition) is 0. The molecule has 3 atom stereocenters. The molecule has 0 aromatic carbocycles. The van der Waals surface area contributed by atoms with Gasteiger partial charge in [0.05, 0.1) is 0 Å². The summed E-state index contributed by atoms with van der Waals surface area (Å²) in [5.74, 6) is 1.20. The fourth-order valence-electron chi connectivity index (χ4n) is 3.45. The fourth-order valence-corrected chi connectivity index (χ4v) is 3.45. The number of rotatable bonds is 1. The maximum absolute atomic E-state index is 11.8. The van der Waals surface area contributed by atoms with Crippen molar-refractivity contribution in [1.82, 2.24) is 4.90 Å². The van der Waals surface area contributed by atoms with Gasteiger partial charge in [-0.3, -0.25) is 14.5 Å². The summed E-state index contributed by atoms with van der Waals surface area (Å²) in [6.45, 7) is 1.73. The van der Waals surface area contributed by atoms with Gasteiger partial charge in [0.15, 0.2) is 0 Å². The van der Waals surface area contributed by atoms with E-state index in [1.54, 1.807) is 6.92 Å². The summed E-state index contributed by atoms with van der Waals surface area (Å²) >= 11 is 0. The molecular formula is C12H15NO2. The molecule has 0 aromatic rings. The van der Waals surface area contributed by atoms with Gasteiger partial charge in [0.1, 0.15) is 0 Å². The van der Waals surface area contributed by atoms with Crippen LogP contribution >= 0.6 is 0 Å². The van der Waals surface area contributed by atoms with Crippen molar-refractivity contribution in [2.75, 3.05) is 0 Å². The Morgan fingerprint density at radius 1 is 1.27 bits per heavy atom. The Morgan fingerprint density at radius 2 is 2.07 bits per heavy atom. The van der Waals surface area contributed by atoms with Gasteiger partial charge in [-0.15, -0.1) is 0 Å². The second-order valence-corrected chi connectivity index (χ2v) is 5.08. The van der Waals surface area contributed by atoms with Gasteiger partial charge < -0.3 is 0 Å². The SMILES string of the molecule is CC1=CC(=O)N(C2CC3CCC2C3)C1=O. The Morgan fingerprint density at radius 3 is 2.53 bits per heavy atom. The fraction of sp³-hybridized carbons (Fsp3) is 0.667. The summed E-state index contributed by atoms with van der Waals surface area (Å²) in [4.78, 5) is 25.0. The zero-order valence-electron chi connectivity index (χ0n) is 8.90. The largest absolute Gasteiger partial charge is 0.272 e. The first-order valence-electron chi connectivity index (χ1n) is 5.72. The van der Waals surface area contributed by atoms with Crippen LogP contribution in [-0.4, -0.2) is 22.8 Å². The Balaban J connectivity index is 1.85. The second kappa shape index (κ2) is 2.94. The number of fused-ring (bicyclic) bond motifs is 2. The molecule has 15 heavy (non-hydrogen) atoms. The quantitative estimate of drug-likeness (QED) is 0.608. The molecular weight excluding hydrogens is 190 g/mol. The maximum Gasteiger partial charge on any atom is 0.256 e. The van der Waals surface area contributed by atoms with Crippen molar-refractivity contribution in [3.63, 3.8) is 0 Å². The molecule has 80 valence electrons. The Kier molecular flexibility index (Phi) is 1.79. The van der Waals surface area contributed by atoms with Crippen LogP contribution in [0.25, 0.3) is 0 Å². The van der Waals surface area contributed by atoms with Crippen molar-refractivity contribution in [1.29, 1.82) is 0 Å². The number of nitrogens with zero attached hydrogens (tertiary/aromatic N) is 1. The average Bonchev–Trinajstić information content (AvgIpc) is 2.83. The predicted octanol–water partition coefficient (Wildman–Crippen LogP) is 1.49. The number of hydrogen-bond acceptors (Lipinski definition) is 2. The van der Waals surface area contributed by atoms with Crippen molar-refractivity contribution in [3.8, 4) is 0 Å². The van der Waals surface area contributed by atoms with Gasteiger partial charge >= 0.3 is 0 Å². The molecule has 2 bridgehead atoms. The molecule has 1 heterocycles. The van der Waals surface area contributed by atoms with Gasteiger partial charge in [-0.2, -0.15) is 0 Å². The zero-order chi connectivity index (χ0) is 10.6. The molecule has 2 saturated carbocycles. The van der Waals surface area contributed by atoms with Crippen LogP contribution in [0.15, 0.2) is 11.6 Å². The van der Waals surface area contributed by atoms with Crippen LogP contribution in [0.1, 0.15) is 32.6 Å². The predicted molar refractivity (Wildman–Crippen MR) is 54.8 cm³/mol. The smallest absolute Gasteiger partial charge is 0.256 e. The minimum absolute atomic E-state index is 0.0578. The van der Waals surface area contributed by atoms with E-state index in [1.165, 1.54) is 30.2 Å². The average molecular weight is 205 g/mol. The number of amides is 2. The Bertz CT molecular complexity index is 372.